The molecule has 4 nitrogen and oxygen atoms in total. The lowest BCUT2D eigenvalue weighted by molar-refractivity contribution is 0.0983. The Balaban J connectivity index is 2.38. The summed E-state index contributed by atoms with van der Waals surface area (Å²) in [5.41, 5.74) is 8.49. The summed E-state index contributed by atoms with van der Waals surface area (Å²) >= 11 is 0. The van der Waals surface area contributed by atoms with Crippen LogP contribution in [0.15, 0.2) is 42.5 Å². The highest BCUT2D eigenvalue weighted by Gasteiger charge is 2.18. The van der Waals surface area contributed by atoms with Gasteiger partial charge < -0.3 is 10.6 Å². The number of aromatic nitrogens is 1. The lowest BCUT2D eigenvalue weighted by Crippen LogP contribution is -2.32. The number of aryl methyl sites for hydroxylation is 1. The van der Waals surface area contributed by atoms with Crippen LogP contribution in [0.25, 0.3) is 0 Å². The maximum atomic E-state index is 12.5. The molecule has 0 saturated carbocycles. The quantitative estimate of drug-likeness (QED) is 0.858. The third kappa shape index (κ3) is 2.73. The van der Waals surface area contributed by atoms with Crippen LogP contribution in [0.5, 0.6) is 0 Å². The largest absolute Gasteiger partial charge is 0.397 e. The fourth-order valence-electron chi connectivity index (χ4n) is 1.96. The second kappa shape index (κ2) is 5.52. The summed E-state index contributed by atoms with van der Waals surface area (Å²) in [5.74, 6) is -0.135. The lowest BCUT2D eigenvalue weighted by Gasteiger charge is -2.22. The topological polar surface area (TPSA) is 59.2 Å². The second-order valence-corrected chi connectivity index (χ2v) is 4.27. The SMILES string of the molecule is CCN(C(=O)c1cccc(C)n1)c1ccccc1N. The summed E-state index contributed by atoms with van der Waals surface area (Å²) in [6.07, 6.45) is 0. The molecule has 0 unspecified atom stereocenters. The van der Waals surface area contributed by atoms with Crippen LogP contribution in [0.2, 0.25) is 0 Å². The van der Waals surface area contributed by atoms with E-state index in [0.717, 1.165) is 11.4 Å². The Labute approximate surface area is 112 Å². The monoisotopic (exact) mass is 255 g/mol. The van der Waals surface area contributed by atoms with Gasteiger partial charge in [0.05, 0.1) is 11.4 Å². The Morgan fingerprint density at radius 1 is 1.21 bits per heavy atom. The molecule has 19 heavy (non-hydrogen) atoms. The van der Waals surface area contributed by atoms with Crippen LogP contribution in [0.3, 0.4) is 0 Å². The van der Waals surface area contributed by atoms with E-state index >= 15 is 0 Å². The third-order valence-corrected chi connectivity index (χ3v) is 2.90. The zero-order chi connectivity index (χ0) is 13.8. The van der Waals surface area contributed by atoms with Gasteiger partial charge in [-0.1, -0.05) is 18.2 Å². The number of hydrogen-bond donors (Lipinski definition) is 1. The first-order valence-electron chi connectivity index (χ1n) is 6.23. The van der Waals surface area contributed by atoms with Crippen molar-refractivity contribution in [3.8, 4) is 0 Å². The zero-order valence-electron chi connectivity index (χ0n) is 11.1. The van der Waals surface area contributed by atoms with Gasteiger partial charge in [-0.15, -0.1) is 0 Å². The minimum absolute atomic E-state index is 0.135. The summed E-state index contributed by atoms with van der Waals surface area (Å²) < 4.78 is 0. The Morgan fingerprint density at radius 2 is 1.95 bits per heavy atom. The van der Waals surface area contributed by atoms with Gasteiger partial charge in [0, 0.05) is 12.2 Å². The van der Waals surface area contributed by atoms with Crippen molar-refractivity contribution in [2.75, 3.05) is 17.2 Å². The van der Waals surface area contributed by atoms with E-state index < -0.39 is 0 Å². The maximum absolute atomic E-state index is 12.5. The second-order valence-electron chi connectivity index (χ2n) is 4.27. The van der Waals surface area contributed by atoms with Crippen molar-refractivity contribution in [1.82, 2.24) is 4.98 Å². The Kier molecular flexibility index (Phi) is 3.80. The van der Waals surface area contributed by atoms with Crippen LogP contribution in [-0.4, -0.2) is 17.4 Å². The van der Waals surface area contributed by atoms with E-state index in [9.17, 15) is 4.79 Å². The van der Waals surface area contributed by atoms with E-state index in [1.54, 1.807) is 17.0 Å². The molecule has 2 N–H and O–H groups in total. The van der Waals surface area contributed by atoms with Crippen molar-refractivity contribution in [2.24, 2.45) is 0 Å². The molecule has 0 atom stereocenters. The fraction of sp³-hybridized carbons (Fsp3) is 0.200. The van der Waals surface area contributed by atoms with Crippen molar-refractivity contribution >= 4 is 17.3 Å². The highest BCUT2D eigenvalue weighted by atomic mass is 16.2. The zero-order valence-corrected chi connectivity index (χ0v) is 11.1. The first kappa shape index (κ1) is 13.1. The van der Waals surface area contributed by atoms with E-state index in [1.807, 2.05) is 44.2 Å². The van der Waals surface area contributed by atoms with Gasteiger partial charge in [0.2, 0.25) is 0 Å². The van der Waals surface area contributed by atoms with E-state index in [0.29, 0.717) is 17.9 Å². The first-order valence-corrected chi connectivity index (χ1v) is 6.23. The molecule has 0 spiro atoms. The smallest absolute Gasteiger partial charge is 0.276 e. The summed E-state index contributed by atoms with van der Waals surface area (Å²) in [4.78, 5) is 18.4. The molecule has 1 aromatic carbocycles. The lowest BCUT2D eigenvalue weighted by atomic mass is 10.2. The van der Waals surface area contributed by atoms with Gasteiger partial charge in [0.15, 0.2) is 0 Å². The normalized spacial score (nSPS) is 10.2. The van der Waals surface area contributed by atoms with Gasteiger partial charge in [-0.3, -0.25) is 4.79 Å². The minimum Gasteiger partial charge on any atom is -0.397 e. The number of nitrogens with zero attached hydrogens (tertiary/aromatic N) is 2. The molecule has 1 amide bonds. The van der Waals surface area contributed by atoms with Crippen molar-refractivity contribution in [1.29, 1.82) is 0 Å². The van der Waals surface area contributed by atoms with Crippen molar-refractivity contribution in [3.63, 3.8) is 0 Å². The van der Waals surface area contributed by atoms with Crippen LogP contribution in [-0.2, 0) is 0 Å². The first-order chi connectivity index (χ1) is 9.13. The van der Waals surface area contributed by atoms with Gasteiger partial charge in [-0.2, -0.15) is 0 Å². The molecular formula is C15H17N3O. The average molecular weight is 255 g/mol. The van der Waals surface area contributed by atoms with E-state index in [-0.39, 0.29) is 5.91 Å². The van der Waals surface area contributed by atoms with Crippen molar-refractivity contribution in [2.45, 2.75) is 13.8 Å². The molecule has 98 valence electrons. The summed E-state index contributed by atoms with van der Waals surface area (Å²) in [6.45, 7) is 4.33. The highest BCUT2D eigenvalue weighted by molar-refractivity contribution is 6.06. The number of para-hydroxylation sites is 2. The number of carbonyl (C=O) groups is 1. The number of rotatable bonds is 3. The van der Waals surface area contributed by atoms with Crippen LogP contribution in [0.4, 0.5) is 11.4 Å². The molecule has 2 aromatic rings. The molecule has 1 aromatic heterocycles. The Bertz CT molecular complexity index is 595. The number of pyridine rings is 1. The number of amides is 1. The number of anilines is 2. The van der Waals surface area contributed by atoms with Crippen LogP contribution in [0.1, 0.15) is 23.1 Å². The van der Waals surface area contributed by atoms with Crippen LogP contribution in [0, 0.1) is 6.92 Å². The van der Waals surface area contributed by atoms with Gasteiger partial charge >= 0.3 is 0 Å². The molecule has 0 saturated heterocycles. The van der Waals surface area contributed by atoms with Crippen molar-refractivity contribution in [3.05, 3.63) is 53.9 Å². The maximum Gasteiger partial charge on any atom is 0.276 e. The van der Waals surface area contributed by atoms with Crippen LogP contribution >= 0.6 is 0 Å². The number of carbonyl (C=O) groups excluding carboxylic acids is 1. The number of benzene rings is 1. The van der Waals surface area contributed by atoms with E-state index in [2.05, 4.69) is 4.98 Å². The minimum atomic E-state index is -0.135. The molecule has 1 heterocycles. The van der Waals surface area contributed by atoms with Gasteiger partial charge in [0.1, 0.15) is 5.69 Å². The molecule has 0 aliphatic heterocycles. The molecule has 0 aliphatic rings. The van der Waals surface area contributed by atoms with Crippen molar-refractivity contribution < 1.29 is 4.79 Å². The molecule has 4 heteroatoms. The van der Waals surface area contributed by atoms with E-state index in [4.69, 9.17) is 5.73 Å². The Hall–Kier alpha value is -2.36. The van der Waals surface area contributed by atoms with Gasteiger partial charge in [0.25, 0.3) is 5.91 Å². The van der Waals surface area contributed by atoms with Gasteiger partial charge in [-0.25, -0.2) is 4.98 Å². The number of hydrogen-bond acceptors (Lipinski definition) is 3. The molecule has 0 aliphatic carbocycles. The average Bonchev–Trinajstić information content (AvgIpc) is 2.41. The van der Waals surface area contributed by atoms with E-state index in [1.165, 1.54) is 0 Å². The highest BCUT2D eigenvalue weighted by Crippen LogP contribution is 2.23. The van der Waals surface area contributed by atoms with Crippen LogP contribution < -0.4 is 10.6 Å². The fourth-order valence-corrected chi connectivity index (χ4v) is 1.96. The summed E-state index contributed by atoms with van der Waals surface area (Å²) in [6, 6.07) is 12.8. The molecule has 2 rings (SSSR count). The summed E-state index contributed by atoms with van der Waals surface area (Å²) in [7, 11) is 0. The number of nitrogens with two attached hydrogens (primary N) is 1. The third-order valence-electron chi connectivity index (χ3n) is 2.90. The molecule has 0 bridgehead atoms. The predicted molar refractivity (Wildman–Crippen MR) is 77.2 cm³/mol. The van der Waals surface area contributed by atoms with Gasteiger partial charge in [-0.05, 0) is 38.1 Å². The predicted octanol–water partition coefficient (Wildman–Crippen LogP) is 2.64. The standard InChI is InChI=1S/C15H17N3O/c1-3-18(14-10-5-4-8-12(14)16)15(19)13-9-6-7-11(2)17-13/h4-10H,3,16H2,1-2H3. The molecule has 0 radical (unpaired) electrons. The Morgan fingerprint density at radius 3 is 2.58 bits per heavy atom. The molecule has 0 fully saturated rings. The molecular weight excluding hydrogens is 238 g/mol. The number of nitrogen functional groups attached to an aromatic ring is 1. The summed E-state index contributed by atoms with van der Waals surface area (Å²) in [5, 5.41) is 0.